The van der Waals surface area contributed by atoms with E-state index in [9.17, 15) is 4.79 Å². The molecule has 5 heterocycles. The summed E-state index contributed by atoms with van der Waals surface area (Å²) in [4.78, 5) is 27.7. The Morgan fingerprint density at radius 1 is 0.853 bits per heavy atom. The number of Topliss-reactive ketones (excluding diaryl/α,β-unsaturated/α-hetero) is 1. The molecule has 1 aromatic rings. The molecule has 0 aliphatic carbocycles. The number of carbonyl (C=O) groups is 1. The van der Waals surface area contributed by atoms with E-state index < -0.39 is 5.54 Å². The van der Waals surface area contributed by atoms with Crippen molar-refractivity contribution in [2.45, 2.75) is 87.1 Å². The minimum atomic E-state index is -0.828. The molecule has 8 bridgehead atoms. The maximum Gasteiger partial charge on any atom is 0.207 e. The second kappa shape index (κ2) is 6.93. The summed E-state index contributed by atoms with van der Waals surface area (Å²) in [7, 11) is 0. The highest BCUT2D eigenvalue weighted by Crippen LogP contribution is 2.47. The molecule has 0 spiro atoms. The van der Waals surface area contributed by atoms with Crippen LogP contribution < -0.4 is 5.32 Å². The molecule has 180 valence electrons. The van der Waals surface area contributed by atoms with Gasteiger partial charge in [0, 0.05) is 56.9 Å². The quantitative estimate of drug-likeness (QED) is 0.469. The molecule has 1 aromatic heterocycles. The maximum absolute atomic E-state index is 14.0. The molecule has 0 saturated carbocycles. The van der Waals surface area contributed by atoms with Crippen LogP contribution in [0.5, 0.6) is 0 Å². The first kappa shape index (κ1) is 23.1. The summed E-state index contributed by atoms with van der Waals surface area (Å²) in [5.41, 5.74) is 8.08. The normalized spacial score (nSPS) is 33.2. The minimum absolute atomic E-state index is 0.0287. The summed E-state index contributed by atoms with van der Waals surface area (Å²) < 4.78 is 0. The van der Waals surface area contributed by atoms with Crippen LogP contribution in [0.3, 0.4) is 0 Å². The third kappa shape index (κ3) is 3.30. The fourth-order valence-electron chi connectivity index (χ4n) is 5.85. The fourth-order valence-corrected chi connectivity index (χ4v) is 5.85. The van der Waals surface area contributed by atoms with Gasteiger partial charge in [0.15, 0.2) is 0 Å². The van der Waals surface area contributed by atoms with Crippen molar-refractivity contribution in [1.29, 1.82) is 0 Å². The molecular weight excluding hydrogens is 420 g/mol. The Morgan fingerprint density at radius 2 is 1.56 bits per heavy atom. The van der Waals surface area contributed by atoms with Gasteiger partial charge in [-0.1, -0.05) is 41.5 Å². The number of H-pyrrole nitrogens is 1. The van der Waals surface area contributed by atoms with Crippen LogP contribution in [-0.2, 0) is 0 Å². The highest BCUT2D eigenvalue weighted by molar-refractivity contribution is 6.10. The van der Waals surface area contributed by atoms with Crippen LogP contribution in [0.2, 0.25) is 0 Å². The van der Waals surface area contributed by atoms with E-state index in [0.717, 1.165) is 53.2 Å². The molecular formula is C29H38N4O. The summed E-state index contributed by atoms with van der Waals surface area (Å²) in [5.74, 6) is 0.0680. The zero-order valence-electron chi connectivity index (χ0n) is 22.2. The maximum atomic E-state index is 14.0. The van der Waals surface area contributed by atoms with E-state index in [1.165, 1.54) is 11.4 Å². The molecule has 5 heteroatoms. The van der Waals surface area contributed by atoms with Gasteiger partial charge < -0.3 is 10.3 Å². The number of ketones is 1. The molecule has 0 amide bonds. The molecule has 1 unspecified atom stereocenters. The van der Waals surface area contributed by atoms with Crippen molar-refractivity contribution in [3.8, 4) is 0 Å². The summed E-state index contributed by atoms with van der Waals surface area (Å²) >= 11 is 0. The highest BCUT2D eigenvalue weighted by Gasteiger charge is 2.52. The molecule has 5 nitrogen and oxygen atoms in total. The van der Waals surface area contributed by atoms with Gasteiger partial charge in [-0.3, -0.25) is 14.8 Å². The van der Waals surface area contributed by atoms with Crippen LogP contribution in [0, 0.1) is 30.1 Å². The summed E-state index contributed by atoms with van der Waals surface area (Å²) in [6, 6.07) is 0. The lowest BCUT2D eigenvalue weighted by atomic mass is 9.70. The number of aliphatic imine (C=N–C) groups is 2. The molecule has 4 aliphatic heterocycles. The number of rotatable bonds is 0. The van der Waals surface area contributed by atoms with Crippen LogP contribution in [0.15, 0.2) is 39.2 Å². The smallest absolute Gasteiger partial charge is 0.207 e. The number of aromatic nitrogens is 1. The molecule has 1 atom stereocenters. The van der Waals surface area contributed by atoms with Crippen molar-refractivity contribution in [3.63, 3.8) is 0 Å². The van der Waals surface area contributed by atoms with Crippen molar-refractivity contribution >= 4 is 23.3 Å². The second-order valence-corrected chi connectivity index (χ2v) is 12.8. The van der Waals surface area contributed by atoms with Gasteiger partial charge in [-0.2, -0.15) is 0 Å². The van der Waals surface area contributed by atoms with Crippen LogP contribution in [0.25, 0.3) is 6.08 Å². The van der Waals surface area contributed by atoms with E-state index in [1.807, 2.05) is 13.8 Å². The Morgan fingerprint density at radius 3 is 2.26 bits per heavy atom. The lowest BCUT2D eigenvalue weighted by Crippen LogP contribution is -2.44. The molecule has 4 aliphatic rings. The molecule has 34 heavy (non-hydrogen) atoms. The number of aromatic amines is 1. The lowest BCUT2D eigenvalue weighted by molar-refractivity contribution is 0.0786. The zero-order valence-corrected chi connectivity index (χ0v) is 22.2. The molecule has 1 saturated heterocycles. The Balaban J connectivity index is 1.75. The van der Waals surface area contributed by atoms with E-state index in [-0.39, 0.29) is 22.0 Å². The van der Waals surface area contributed by atoms with Crippen molar-refractivity contribution in [3.05, 3.63) is 51.8 Å². The standard InChI is InChI=1S/C29H38N4O/c1-16-17(2)24-25(34)29(9)28(7,8)15-20(33-29)12-23-27(5,6)14-19(31-23)11-22-26(3,4)13-18(30-22)10-21(16)32-24/h10-12,31-32H,13-15H2,1-9H3/b18-10-,19-11-,23-12-. The van der Waals surface area contributed by atoms with E-state index in [4.69, 9.17) is 9.98 Å². The predicted octanol–water partition coefficient (Wildman–Crippen LogP) is 6.46. The van der Waals surface area contributed by atoms with Gasteiger partial charge in [-0.05, 0) is 63.0 Å². The van der Waals surface area contributed by atoms with Crippen molar-refractivity contribution < 1.29 is 4.79 Å². The average Bonchev–Trinajstić information content (AvgIpc) is 3.32. The van der Waals surface area contributed by atoms with E-state index in [0.29, 0.717) is 5.69 Å². The first-order chi connectivity index (χ1) is 15.6. The Hall–Kier alpha value is -2.69. The topological polar surface area (TPSA) is 69.6 Å². The number of nitrogens with zero attached hydrogens (tertiary/aromatic N) is 2. The third-order valence-electron chi connectivity index (χ3n) is 8.75. The average molecular weight is 459 g/mol. The first-order valence-corrected chi connectivity index (χ1v) is 12.5. The Labute approximate surface area is 203 Å². The van der Waals surface area contributed by atoms with Gasteiger partial charge in [0.1, 0.15) is 5.54 Å². The number of allylic oxidation sites excluding steroid dienone is 5. The van der Waals surface area contributed by atoms with Gasteiger partial charge in [0.25, 0.3) is 0 Å². The highest BCUT2D eigenvalue weighted by atomic mass is 16.1. The van der Waals surface area contributed by atoms with Crippen molar-refractivity contribution in [2.75, 3.05) is 0 Å². The first-order valence-electron chi connectivity index (χ1n) is 12.5. The fraction of sp³-hybridized carbons (Fsp3) is 0.552. The summed E-state index contributed by atoms with van der Waals surface area (Å²) in [6.45, 7) is 19.5. The van der Waals surface area contributed by atoms with Crippen molar-refractivity contribution in [2.24, 2.45) is 26.2 Å². The van der Waals surface area contributed by atoms with E-state index in [1.54, 1.807) is 0 Å². The van der Waals surface area contributed by atoms with Gasteiger partial charge in [0.2, 0.25) is 5.78 Å². The largest absolute Gasteiger partial charge is 0.362 e. The monoisotopic (exact) mass is 458 g/mol. The number of nitrogens with one attached hydrogen (secondary N) is 2. The van der Waals surface area contributed by atoms with Gasteiger partial charge in [-0.15, -0.1) is 0 Å². The van der Waals surface area contributed by atoms with Crippen LogP contribution >= 0.6 is 0 Å². The number of hydrogen-bond donors (Lipinski definition) is 2. The number of fused-ring (bicyclic) bond motifs is 6. The van der Waals surface area contributed by atoms with Gasteiger partial charge in [-0.25, -0.2) is 0 Å². The second-order valence-electron chi connectivity index (χ2n) is 12.8. The van der Waals surface area contributed by atoms with Crippen LogP contribution in [0.4, 0.5) is 0 Å². The Bertz CT molecular complexity index is 1280. The molecule has 0 radical (unpaired) electrons. The third-order valence-corrected chi connectivity index (χ3v) is 8.75. The summed E-state index contributed by atoms with van der Waals surface area (Å²) in [6.07, 6.45) is 9.14. The van der Waals surface area contributed by atoms with E-state index >= 15 is 0 Å². The van der Waals surface area contributed by atoms with E-state index in [2.05, 4.69) is 77.0 Å². The zero-order chi connectivity index (χ0) is 24.8. The molecule has 1 fully saturated rings. The molecule has 5 rings (SSSR count). The van der Waals surface area contributed by atoms with Gasteiger partial charge >= 0.3 is 0 Å². The van der Waals surface area contributed by atoms with Crippen LogP contribution in [-0.4, -0.2) is 27.7 Å². The summed E-state index contributed by atoms with van der Waals surface area (Å²) in [5, 5.41) is 3.69. The van der Waals surface area contributed by atoms with Gasteiger partial charge in [0.05, 0.1) is 5.69 Å². The SMILES string of the molecule is Cc1c2[nH]c(c1C)C(=O)C1(C)N=C(/C=C3\N/C(=C\C4=NC(=C\2)/CC4(C)C)CC3(C)C)CC1(C)C. The predicted molar refractivity (Wildman–Crippen MR) is 140 cm³/mol. The Kier molecular flexibility index (Phi) is 4.70. The number of carbonyl (C=O) groups excluding carboxylic acids is 1. The molecule has 2 N–H and O–H groups in total. The lowest BCUT2D eigenvalue weighted by Gasteiger charge is -2.34. The minimum Gasteiger partial charge on any atom is -0.362 e. The molecule has 0 aromatic carbocycles. The van der Waals surface area contributed by atoms with Crippen molar-refractivity contribution in [1.82, 2.24) is 10.3 Å². The van der Waals surface area contributed by atoms with Crippen LogP contribution in [0.1, 0.15) is 95.0 Å². The number of hydrogen-bond acceptors (Lipinski definition) is 4.